The van der Waals surface area contributed by atoms with Crippen LogP contribution in [0.4, 0.5) is 0 Å². The second kappa shape index (κ2) is 6.55. The molecule has 2 aromatic carbocycles. The van der Waals surface area contributed by atoms with Crippen LogP contribution in [-0.2, 0) is 24.3 Å². The van der Waals surface area contributed by atoms with Crippen molar-refractivity contribution in [1.29, 1.82) is 0 Å². The minimum atomic E-state index is -0.516. The van der Waals surface area contributed by atoms with Crippen molar-refractivity contribution in [3.63, 3.8) is 0 Å². The molecule has 0 spiro atoms. The lowest BCUT2D eigenvalue weighted by molar-refractivity contribution is -0.135. The summed E-state index contributed by atoms with van der Waals surface area (Å²) in [5, 5.41) is 10.5. The number of benzene rings is 2. The summed E-state index contributed by atoms with van der Waals surface area (Å²) >= 11 is 0. The second-order valence-corrected chi connectivity index (χ2v) is 6.58. The second-order valence-electron chi connectivity index (χ2n) is 6.58. The largest absolute Gasteiger partial charge is 0.388 e. The van der Waals surface area contributed by atoms with Crippen molar-refractivity contribution in [2.24, 2.45) is 5.92 Å². The highest BCUT2D eigenvalue weighted by Gasteiger charge is 2.25. The third-order valence-electron chi connectivity index (χ3n) is 4.41. The van der Waals surface area contributed by atoms with Gasteiger partial charge in [0.25, 0.3) is 0 Å². The summed E-state index contributed by atoms with van der Waals surface area (Å²) in [5.74, 6) is 0.208. The Bertz CT molecular complexity index is 694. The van der Waals surface area contributed by atoms with Crippen molar-refractivity contribution in [1.82, 2.24) is 4.90 Å². The zero-order chi connectivity index (χ0) is 16.4. The van der Waals surface area contributed by atoms with E-state index in [1.54, 1.807) is 0 Å². The summed E-state index contributed by atoms with van der Waals surface area (Å²) in [6.45, 7) is 5.19. The third kappa shape index (κ3) is 3.45. The first-order valence-electron chi connectivity index (χ1n) is 8.17. The van der Waals surface area contributed by atoms with Crippen LogP contribution in [0.1, 0.15) is 42.2 Å². The summed E-state index contributed by atoms with van der Waals surface area (Å²) < 4.78 is 0. The van der Waals surface area contributed by atoms with Gasteiger partial charge in [0.1, 0.15) is 0 Å². The van der Waals surface area contributed by atoms with E-state index in [1.807, 2.05) is 61.2 Å². The van der Waals surface area contributed by atoms with E-state index >= 15 is 0 Å². The van der Waals surface area contributed by atoms with Gasteiger partial charge in [0.05, 0.1) is 6.10 Å². The molecule has 1 heterocycles. The van der Waals surface area contributed by atoms with Crippen molar-refractivity contribution < 1.29 is 9.90 Å². The van der Waals surface area contributed by atoms with E-state index < -0.39 is 6.10 Å². The Morgan fingerprint density at radius 3 is 2.48 bits per heavy atom. The van der Waals surface area contributed by atoms with Gasteiger partial charge in [-0.05, 0) is 22.3 Å². The van der Waals surface area contributed by atoms with E-state index in [0.29, 0.717) is 19.5 Å². The van der Waals surface area contributed by atoms with Crippen LogP contribution in [0.15, 0.2) is 48.5 Å². The fourth-order valence-electron chi connectivity index (χ4n) is 3.10. The third-order valence-corrected chi connectivity index (χ3v) is 4.41. The molecule has 1 N–H and O–H groups in total. The van der Waals surface area contributed by atoms with Crippen LogP contribution >= 0.6 is 0 Å². The standard InChI is InChI=1S/C20H23NO2/c1-14(2)20(23)21-12-17-9-8-16(11-18(17)13-21)19(22)10-15-6-4-3-5-7-15/h3-9,11,14,19,22H,10,12-13H2,1-2H3. The molecular formula is C20H23NO2. The molecule has 0 saturated carbocycles. The zero-order valence-electron chi connectivity index (χ0n) is 13.7. The number of amides is 1. The average molecular weight is 309 g/mol. The van der Waals surface area contributed by atoms with Gasteiger partial charge in [0, 0.05) is 25.4 Å². The van der Waals surface area contributed by atoms with E-state index in [9.17, 15) is 9.90 Å². The molecule has 3 nitrogen and oxygen atoms in total. The SMILES string of the molecule is CC(C)C(=O)N1Cc2ccc(C(O)Cc3ccccc3)cc2C1. The highest BCUT2D eigenvalue weighted by molar-refractivity contribution is 5.78. The summed E-state index contributed by atoms with van der Waals surface area (Å²) in [4.78, 5) is 14.0. The van der Waals surface area contributed by atoms with Gasteiger partial charge in [-0.3, -0.25) is 4.79 Å². The van der Waals surface area contributed by atoms with Gasteiger partial charge in [0.15, 0.2) is 0 Å². The minimum Gasteiger partial charge on any atom is -0.388 e. The molecule has 1 atom stereocenters. The van der Waals surface area contributed by atoms with Crippen molar-refractivity contribution in [2.75, 3.05) is 0 Å². The zero-order valence-corrected chi connectivity index (χ0v) is 13.7. The molecule has 2 aromatic rings. The number of hydrogen-bond donors (Lipinski definition) is 1. The smallest absolute Gasteiger partial charge is 0.225 e. The maximum absolute atomic E-state index is 12.2. The lowest BCUT2D eigenvalue weighted by atomic mass is 9.98. The van der Waals surface area contributed by atoms with E-state index in [1.165, 1.54) is 5.56 Å². The van der Waals surface area contributed by atoms with Gasteiger partial charge in [-0.2, -0.15) is 0 Å². The lowest BCUT2D eigenvalue weighted by Gasteiger charge is -2.17. The molecule has 3 heteroatoms. The van der Waals surface area contributed by atoms with E-state index in [0.717, 1.165) is 16.7 Å². The van der Waals surface area contributed by atoms with Crippen LogP contribution in [-0.4, -0.2) is 15.9 Å². The highest BCUT2D eigenvalue weighted by Crippen LogP contribution is 2.28. The van der Waals surface area contributed by atoms with Gasteiger partial charge in [-0.25, -0.2) is 0 Å². The summed E-state index contributed by atoms with van der Waals surface area (Å²) in [5.41, 5.74) is 4.39. The molecule has 0 aromatic heterocycles. The molecule has 0 aliphatic carbocycles. The Labute approximate surface area is 137 Å². The number of carbonyl (C=O) groups is 1. The summed E-state index contributed by atoms with van der Waals surface area (Å²) in [6, 6.07) is 16.1. The maximum Gasteiger partial charge on any atom is 0.225 e. The number of aliphatic hydroxyl groups excluding tert-OH is 1. The van der Waals surface area contributed by atoms with Gasteiger partial charge in [-0.15, -0.1) is 0 Å². The van der Waals surface area contributed by atoms with Gasteiger partial charge >= 0.3 is 0 Å². The first kappa shape index (κ1) is 15.8. The molecule has 1 unspecified atom stereocenters. The fraction of sp³-hybridized carbons (Fsp3) is 0.350. The molecule has 0 fully saturated rings. The van der Waals surface area contributed by atoms with Gasteiger partial charge in [0.2, 0.25) is 5.91 Å². The number of hydrogen-bond acceptors (Lipinski definition) is 2. The Hall–Kier alpha value is -2.13. The molecule has 0 bridgehead atoms. The van der Waals surface area contributed by atoms with Crippen LogP contribution in [0.25, 0.3) is 0 Å². The van der Waals surface area contributed by atoms with Gasteiger partial charge in [-0.1, -0.05) is 62.4 Å². The monoisotopic (exact) mass is 309 g/mol. The van der Waals surface area contributed by atoms with Crippen molar-refractivity contribution >= 4 is 5.91 Å². The first-order valence-corrected chi connectivity index (χ1v) is 8.17. The van der Waals surface area contributed by atoms with E-state index in [2.05, 4.69) is 6.07 Å². The summed E-state index contributed by atoms with van der Waals surface area (Å²) in [7, 11) is 0. The van der Waals surface area contributed by atoms with Crippen molar-refractivity contribution in [2.45, 2.75) is 39.5 Å². The molecular weight excluding hydrogens is 286 g/mol. The van der Waals surface area contributed by atoms with Crippen LogP contribution in [0.5, 0.6) is 0 Å². The van der Waals surface area contributed by atoms with Crippen molar-refractivity contribution in [3.8, 4) is 0 Å². The van der Waals surface area contributed by atoms with E-state index in [4.69, 9.17) is 0 Å². The number of fused-ring (bicyclic) bond motifs is 1. The summed E-state index contributed by atoms with van der Waals surface area (Å²) in [6.07, 6.45) is 0.0893. The fourth-order valence-corrected chi connectivity index (χ4v) is 3.10. The minimum absolute atomic E-state index is 0.0208. The number of carbonyl (C=O) groups excluding carboxylic acids is 1. The quantitative estimate of drug-likeness (QED) is 0.939. The molecule has 23 heavy (non-hydrogen) atoms. The molecule has 1 amide bonds. The van der Waals surface area contributed by atoms with Crippen LogP contribution in [0, 0.1) is 5.92 Å². The van der Waals surface area contributed by atoms with Crippen LogP contribution in [0.2, 0.25) is 0 Å². The Balaban J connectivity index is 1.73. The number of aliphatic hydroxyl groups is 1. The normalized spacial score (nSPS) is 14.9. The molecule has 1 aliphatic rings. The predicted octanol–water partition coefficient (Wildman–Crippen LogP) is 3.46. The molecule has 1 aliphatic heterocycles. The van der Waals surface area contributed by atoms with Crippen molar-refractivity contribution in [3.05, 3.63) is 70.8 Å². The Morgan fingerprint density at radius 1 is 1.09 bits per heavy atom. The Morgan fingerprint density at radius 2 is 1.78 bits per heavy atom. The molecule has 120 valence electrons. The van der Waals surface area contributed by atoms with Crippen LogP contribution < -0.4 is 0 Å². The topological polar surface area (TPSA) is 40.5 Å². The molecule has 0 saturated heterocycles. The average Bonchev–Trinajstić information content (AvgIpc) is 2.97. The van der Waals surface area contributed by atoms with Gasteiger partial charge < -0.3 is 10.0 Å². The Kier molecular flexibility index (Phi) is 4.49. The van der Waals surface area contributed by atoms with Crippen LogP contribution in [0.3, 0.4) is 0 Å². The number of nitrogens with zero attached hydrogens (tertiary/aromatic N) is 1. The predicted molar refractivity (Wildman–Crippen MR) is 90.6 cm³/mol. The lowest BCUT2D eigenvalue weighted by Crippen LogP contribution is -2.29. The molecule has 0 radical (unpaired) electrons. The maximum atomic E-state index is 12.2. The molecule has 3 rings (SSSR count). The first-order chi connectivity index (χ1) is 11.0. The highest BCUT2D eigenvalue weighted by atomic mass is 16.3. The number of rotatable bonds is 4. The van der Waals surface area contributed by atoms with E-state index in [-0.39, 0.29) is 11.8 Å².